The predicted molar refractivity (Wildman–Crippen MR) is 99.5 cm³/mol. The number of carbonyl (C=O) groups excluding carboxylic acids is 2. The maximum Gasteiger partial charge on any atom is 0.292 e. The number of rotatable bonds is 3. The summed E-state index contributed by atoms with van der Waals surface area (Å²) in [5.74, 6) is -0.760. The third kappa shape index (κ3) is 2.41. The lowest BCUT2D eigenvalue weighted by molar-refractivity contribution is -0.120. The third-order valence-corrected chi connectivity index (χ3v) is 6.68. The minimum Gasteiger partial charge on any atom is -0.344 e. The molecule has 3 saturated heterocycles. The first-order valence-corrected chi connectivity index (χ1v) is 9.87. The number of amides is 1. The summed E-state index contributed by atoms with van der Waals surface area (Å²) in [6.07, 6.45) is 9.01. The Bertz CT molecular complexity index is 876. The first kappa shape index (κ1) is 16.1. The van der Waals surface area contributed by atoms with Crippen LogP contribution in [0.5, 0.6) is 0 Å². The highest BCUT2D eigenvalue weighted by atomic mass is 16.2. The van der Waals surface area contributed by atoms with Crippen LogP contribution in [0, 0.1) is 0 Å². The fourth-order valence-electron chi connectivity index (χ4n) is 5.14. The minimum atomic E-state index is -0.412. The number of aromatic nitrogens is 1. The van der Waals surface area contributed by atoms with Crippen LogP contribution < -0.4 is 5.32 Å². The van der Waals surface area contributed by atoms with Gasteiger partial charge in [0.05, 0.1) is 11.1 Å². The Balaban J connectivity index is 1.49. The zero-order valence-corrected chi connectivity index (χ0v) is 15.1. The summed E-state index contributed by atoms with van der Waals surface area (Å²) in [5.41, 5.74) is 3.67. The van der Waals surface area contributed by atoms with E-state index in [1.54, 1.807) is 0 Å². The van der Waals surface area contributed by atoms with Gasteiger partial charge in [-0.3, -0.25) is 9.59 Å². The van der Waals surface area contributed by atoms with E-state index >= 15 is 0 Å². The SMILES string of the molecule is O=C(NC12CCN(CC1)CC2)C(=O)c1c2c(n3ccccc13)CCCC2. The van der Waals surface area contributed by atoms with Gasteiger partial charge in [0.25, 0.3) is 11.7 Å². The predicted octanol–water partition coefficient (Wildman–Crippen LogP) is 2.36. The second-order valence-electron chi connectivity index (χ2n) is 8.12. The maximum absolute atomic E-state index is 13.2. The zero-order valence-electron chi connectivity index (χ0n) is 15.1. The topological polar surface area (TPSA) is 53.8 Å². The van der Waals surface area contributed by atoms with E-state index < -0.39 is 5.91 Å². The largest absolute Gasteiger partial charge is 0.344 e. The number of hydrogen-bond acceptors (Lipinski definition) is 3. The van der Waals surface area contributed by atoms with E-state index in [2.05, 4.69) is 14.6 Å². The molecule has 3 aliphatic heterocycles. The highest BCUT2D eigenvalue weighted by Gasteiger charge is 2.42. The van der Waals surface area contributed by atoms with Gasteiger partial charge >= 0.3 is 0 Å². The normalized spacial score (nSPS) is 27.3. The van der Waals surface area contributed by atoms with Gasteiger partial charge in [-0.05, 0) is 62.6 Å². The summed E-state index contributed by atoms with van der Waals surface area (Å²) >= 11 is 0. The van der Waals surface area contributed by atoms with Crippen LogP contribution in [0.25, 0.3) is 5.52 Å². The summed E-state index contributed by atoms with van der Waals surface area (Å²) in [6, 6.07) is 5.91. The molecule has 5 nitrogen and oxygen atoms in total. The van der Waals surface area contributed by atoms with Crippen molar-refractivity contribution in [3.8, 4) is 0 Å². The van der Waals surface area contributed by atoms with Crippen molar-refractivity contribution in [3.63, 3.8) is 0 Å². The molecule has 4 aliphatic rings. The molecule has 0 unspecified atom stereocenters. The van der Waals surface area contributed by atoms with Gasteiger partial charge in [0.15, 0.2) is 0 Å². The fourth-order valence-corrected chi connectivity index (χ4v) is 5.14. The molecule has 3 fully saturated rings. The Morgan fingerprint density at radius 1 is 1.00 bits per heavy atom. The highest BCUT2D eigenvalue weighted by molar-refractivity contribution is 6.44. The van der Waals surface area contributed by atoms with E-state index in [0.29, 0.717) is 5.56 Å². The van der Waals surface area contributed by atoms with E-state index in [4.69, 9.17) is 0 Å². The molecule has 5 heterocycles. The number of aryl methyl sites for hydroxylation is 1. The summed E-state index contributed by atoms with van der Waals surface area (Å²) < 4.78 is 2.12. The number of carbonyl (C=O) groups is 2. The summed E-state index contributed by atoms with van der Waals surface area (Å²) in [5, 5.41) is 3.16. The molecule has 6 rings (SSSR count). The second-order valence-corrected chi connectivity index (χ2v) is 8.12. The Kier molecular flexibility index (Phi) is 3.67. The van der Waals surface area contributed by atoms with Crippen molar-refractivity contribution in [2.75, 3.05) is 19.6 Å². The number of pyridine rings is 1. The first-order chi connectivity index (χ1) is 12.7. The Morgan fingerprint density at radius 3 is 2.50 bits per heavy atom. The molecule has 5 heteroatoms. The Morgan fingerprint density at radius 2 is 1.73 bits per heavy atom. The standard InChI is InChI=1S/C21H25N3O2/c25-19(20(26)22-21-8-12-23(13-9-21)14-10-21)18-15-5-1-2-6-16(15)24-11-4-3-7-17(18)24/h3-4,7,11H,1-2,5-6,8-10,12-14H2,(H,22,26). The van der Waals surface area contributed by atoms with Crippen molar-refractivity contribution in [2.24, 2.45) is 0 Å². The van der Waals surface area contributed by atoms with Crippen LogP contribution in [-0.2, 0) is 17.6 Å². The third-order valence-electron chi connectivity index (χ3n) is 6.68. The van der Waals surface area contributed by atoms with Gasteiger partial charge in [-0.1, -0.05) is 6.07 Å². The number of piperidine rings is 3. The van der Waals surface area contributed by atoms with E-state index in [1.165, 1.54) is 5.69 Å². The molecular weight excluding hydrogens is 326 g/mol. The fraction of sp³-hybridized carbons (Fsp3) is 0.524. The Hall–Kier alpha value is -2.14. The molecule has 136 valence electrons. The van der Waals surface area contributed by atoms with E-state index in [0.717, 1.165) is 75.7 Å². The minimum absolute atomic E-state index is 0.170. The van der Waals surface area contributed by atoms with Crippen molar-refractivity contribution >= 4 is 17.2 Å². The summed E-state index contributed by atoms with van der Waals surface area (Å²) in [7, 11) is 0. The molecule has 2 aromatic rings. The van der Waals surface area contributed by atoms with Crippen molar-refractivity contribution in [1.82, 2.24) is 14.6 Å². The molecule has 2 aromatic heterocycles. The lowest BCUT2D eigenvalue weighted by atomic mass is 9.79. The molecule has 1 amide bonds. The molecule has 26 heavy (non-hydrogen) atoms. The average molecular weight is 351 g/mol. The lowest BCUT2D eigenvalue weighted by Crippen LogP contribution is -2.61. The maximum atomic E-state index is 13.2. The number of nitrogens with zero attached hydrogens (tertiary/aromatic N) is 2. The molecule has 1 N–H and O–H groups in total. The molecule has 2 bridgehead atoms. The quantitative estimate of drug-likeness (QED) is 0.682. The van der Waals surface area contributed by atoms with Crippen LogP contribution in [0.3, 0.4) is 0 Å². The molecule has 1 aliphatic carbocycles. The van der Waals surface area contributed by atoms with Crippen molar-refractivity contribution in [3.05, 3.63) is 41.2 Å². The van der Waals surface area contributed by atoms with Crippen LogP contribution >= 0.6 is 0 Å². The molecule has 0 radical (unpaired) electrons. The highest BCUT2D eigenvalue weighted by Crippen LogP contribution is 2.33. The van der Waals surface area contributed by atoms with E-state index in [9.17, 15) is 9.59 Å². The smallest absolute Gasteiger partial charge is 0.292 e. The number of fused-ring (bicyclic) bond motifs is 6. The number of ketones is 1. The summed E-state index contributed by atoms with van der Waals surface area (Å²) in [6.45, 7) is 3.08. The van der Waals surface area contributed by atoms with Gasteiger partial charge in [-0.25, -0.2) is 0 Å². The van der Waals surface area contributed by atoms with Crippen LogP contribution in [0.4, 0.5) is 0 Å². The van der Waals surface area contributed by atoms with Crippen molar-refractivity contribution in [2.45, 2.75) is 50.5 Å². The van der Waals surface area contributed by atoms with Gasteiger partial charge in [0.2, 0.25) is 0 Å². The monoisotopic (exact) mass is 351 g/mol. The van der Waals surface area contributed by atoms with Gasteiger partial charge < -0.3 is 14.6 Å². The van der Waals surface area contributed by atoms with Crippen LogP contribution in [-0.4, -0.2) is 46.2 Å². The van der Waals surface area contributed by atoms with Crippen LogP contribution in [0.1, 0.15) is 53.7 Å². The zero-order chi connectivity index (χ0) is 17.7. The molecular formula is C21H25N3O2. The Labute approximate surface area is 153 Å². The molecule has 0 spiro atoms. The number of Topliss-reactive ketones (excluding diaryl/α,β-unsaturated/α-hetero) is 1. The average Bonchev–Trinajstić information content (AvgIpc) is 3.03. The second kappa shape index (κ2) is 5.95. The van der Waals surface area contributed by atoms with Gasteiger partial charge in [-0.15, -0.1) is 0 Å². The molecule has 0 aromatic carbocycles. The van der Waals surface area contributed by atoms with Crippen LogP contribution in [0.2, 0.25) is 0 Å². The first-order valence-electron chi connectivity index (χ1n) is 9.87. The molecule has 0 saturated carbocycles. The van der Waals surface area contributed by atoms with Crippen molar-refractivity contribution < 1.29 is 9.59 Å². The van der Waals surface area contributed by atoms with Gasteiger partial charge in [0, 0.05) is 37.1 Å². The molecule has 0 atom stereocenters. The number of hydrogen-bond donors (Lipinski definition) is 1. The van der Waals surface area contributed by atoms with Crippen LogP contribution in [0.15, 0.2) is 24.4 Å². The van der Waals surface area contributed by atoms with Crippen molar-refractivity contribution in [1.29, 1.82) is 0 Å². The number of nitrogens with one attached hydrogen (secondary N) is 1. The van der Waals surface area contributed by atoms with E-state index in [-0.39, 0.29) is 11.3 Å². The van der Waals surface area contributed by atoms with Gasteiger partial charge in [-0.2, -0.15) is 0 Å². The summed E-state index contributed by atoms with van der Waals surface area (Å²) in [4.78, 5) is 28.6. The van der Waals surface area contributed by atoms with Gasteiger partial charge in [0.1, 0.15) is 0 Å². The lowest BCUT2D eigenvalue weighted by Gasteiger charge is -2.48. The van der Waals surface area contributed by atoms with E-state index in [1.807, 2.05) is 24.4 Å².